The highest BCUT2D eigenvalue weighted by atomic mass is 31.2. The van der Waals surface area contributed by atoms with Crippen molar-refractivity contribution in [1.29, 1.82) is 0 Å². The van der Waals surface area contributed by atoms with Gasteiger partial charge in [0, 0.05) is 0 Å². The molecule has 1 aliphatic carbocycles. The van der Waals surface area contributed by atoms with Crippen molar-refractivity contribution < 1.29 is 59.0 Å². The van der Waals surface area contributed by atoms with Gasteiger partial charge in [-0.2, -0.15) is 0 Å². The molecule has 1 aliphatic rings. The largest absolute Gasteiger partial charge is 0.472 e. The van der Waals surface area contributed by atoms with Crippen LogP contribution in [0.3, 0.4) is 0 Å². The summed E-state index contributed by atoms with van der Waals surface area (Å²) >= 11 is 0. The number of aliphatic hydroxyl groups is 7. The Labute approximate surface area is 388 Å². The predicted molar refractivity (Wildman–Crippen MR) is 257 cm³/mol. The molecule has 0 radical (unpaired) electrons. The van der Waals surface area contributed by atoms with Gasteiger partial charge in [-0.3, -0.25) is 13.8 Å². The van der Waals surface area contributed by atoms with Crippen LogP contribution in [0.15, 0.2) is 24.3 Å². The average Bonchev–Trinajstić information content (AvgIpc) is 3.27. The summed E-state index contributed by atoms with van der Waals surface area (Å²) in [5.74, 6) is -0.559. The van der Waals surface area contributed by atoms with E-state index >= 15 is 0 Å². The van der Waals surface area contributed by atoms with Crippen LogP contribution in [0.4, 0.5) is 0 Å². The maximum absolute atomic E-state index is 13.1. The number of amides is 1. The number of phosphoric ester groups is 1. The second-order valence-corrected chi connectivity index (χ2v) is 19.9. The first-order chi connectivity index (χ1) is 30.8. The van der Waals surface area contributed by atoms with Crippen molar-refractivity contribution in [1.82, 2.24) is 5.32 Å². The van der Waals surface area contributed by atoms with E-state index in [-0.39, 0.29) is 12.8 Å². The minimum Gasteiger partial charge on any atom is -0.393 e. The highest BCUT2D eigenvalue weighted by molar-refractivity contribution is 7.47. The van der Waals surface area contributed by atoms with Gasteiger partial charge in [-0.25, -0.2) is 4.57 Å². The second kappa shape index (κ2) is 39.7. The quantitative estimate of drug-likeness (QED) is 0.0158. The maximum Gasteiger partial charge on any atom is 0.472 e. The fourth-order valence-corrected chi connectivity index (χ4v) is 9.37. The summed E-state index contributed by atoms with van der Waals surface area (Å²) < 4.78 is 23.0. The van der Waals surface area contributed by atoms with Crippen LogP contribution in [-0.2, 0) is 18.4 Å². The van der Waals surface area contributed by atoms with Crippen LogP contribution in [-0.4, -0.2) is 108 Å². The molecule has 9 N–H and O–H groups in total. The molecule has 0 aromatic carbocycles. The monoisotopic (exact) mass is 934 g/mol. The molecule has 64 heavy (non-hydrogen) atoms. The average molecular weight is 934 g/mol. The fourth-order valence-electron chi connectivity index (χ4n) is 8.40. The van der Waals surface area contributed by atoms with Crippen molar-refractivity contribution in [3.8, 4) is 0 Å². The molecule has 14 heteroatoms. The molecule has 1 saturated carbocycles. The van der Waals surface area contributed by atoms with E-state index in [0.717, 1.165) is 64.2 Å². The standard InChI is InChI=1S/C50H96NO12P/c1-3-5-7-9-11-13-15-17-19-20-21-22-24-25-27-29-31-33-35-37-41(52)39-44(54)51-42(40-62-64(60,61)63-50-48(58)46(56)45(55)47(57)49(50)59)43(53)38-36-34-32-30-28-26-23-18-16-14-12-10-8-6-4-2/h5,7,11,13,41-43,45-50,52-53,55-59H,3-4,6,8-10,12,14-40H2,1-2H3,(H,51,54)(H,60,61)/b7-5-,13-11-. The number of carbonyl (C=O) groups is 1. The van der Waals surface area contributed by atoms with Crippen molar-refractivity contribution in [3.05, 3.63) is 24.3 Å². The molecule has 0 bridgehead atoms. The molecule has 13 nitrogen and oxygen atoms in total. The predicted octanol–water partition coefficient (Wildman–Crippen LogP) is 9.54. The number of unbranched alkanes of at least 4 members (excludes halogenated alkanes) is 26. The van der Waals surface area contributed by atoms with Gasteiger partial charge in [0.15, 0.2) is 0 Å². The van der Waals surface area contributed by atoms with E-state index in [1.807, 2.05) is 0 Å². The van der Waals surface area contributed by atoms with E-state index in [9.17, 15) is 50.0 Å². The molecule has 1 amide bonds. The molecule has 8 unspecified atom stereocenters. The molecule has 1 fully saturated rings. The number of hydrogen-bond acceptors (Lipinski definition) is 11. The van der Waals surface area contributed by atoms with E-state index in [1.54, 1.807) is 0 Å². The maximum atomic E-state index is 13.1. The number of rotatable bonds is 43. The van der Waals surface area contributed by atoms with Gasteiger partial charge in [0.2, 0.25) is 5.91 Å². The minimum atomic E-state index is -5.12. The zero-order chi connectivity index (χ0) is 47.3. The third-order valence-electron chi connectivity index (χ3n) is 12.6. The van der Waals surface area contributed by atoms with Gasteiger partial charge in [-0.1, -0.05) is 205 Å². The van der Waals surface area contributed by atoms with Gasteiger partial charge >= 0.3 is 7.82 Å². The van der Waals surface area contributed by atoms with E-state index < -0.39 is 75.2 Å². The van der Waals surface area contributed by atoms with Gasteiger partial charge in [-0.15, -0.1) is 0 Å². The lowest BCUT2D eigenvalue weighted by molar-refractivity contribution is -0.220. The van der Waals surface area contributed by atoms with Crippen molar-refractivity contribution in [2.24, 2.45) is 0 Å². The normalized spacial score (nSPS) is 22.8. The zero-order valence-electron chi connectivity index (χ0n) is 40.2. The van der Waals surface area contributed by atoms with Gasteiger partial charge in [0.25, 0.3) is 0 Å². The van der Waals surface area contributed by atoms with Crippen molar-refractivity contribution >= 4 is 13.7 Å². The first-order valence-corrected chi connectivity index (χ1v) is 27.4. The summed E-state index contributed by atoms with van der Waals surface area (Å²) in [6.45, 7) is 3.71. The highest BCUT2D eigenvalue weighted by Crippen LogP contribution is 2.47. The molecule has 0 saturated heterocycles. The first-order valence-electron chi connectivity index (χ1n) is 25.9. The SMILES string of the molecule is CC/C=C\C/C=C\CCCCCCCCCCCCCCC(O)CC(=O)NC(COP(=O)(O)OC1C(O)C(O)C(O)C(O)C1O)C(O)CCCCCCCCCCCCCCCCC. The van der Waals surface area contributed by atoms with E-state index in [2.05, 4.69) is 43.5 Å². The summed E-state index contributed by atoms with van der Waals surface area (Å²) in [7, 11) is -5.12. The molecule has 1 rings (SSSR count). The topological polar surface area (TPSA) is 226 Å². The summed E-state index contributed by atoms with van der Waals surface area (Å²) in [5, 5.41) is 74.8. The molecular formula is C50H96NO12P. The Morgan fingerprint density at radius 3 is 1.44 bits per heavy atom. The van der Waals surface area contributed by atoms with E-state index in [4.69, 9.17) is 9.05 Å². The summed E-state index contributed by atoms with van der Waals surface area (Å²) in [5.41, 5.74) is 0. The summed E-state index contributed by atoms with van der Waals surface area (Å²) in [6, 6.07) is -1.15. The third-order valence-corrected chi connectivity index (χ3v) is 13.6. The van der Waals surface area contributed by atoms with Crippen LogP contribution >= 0.6 is 7.82 Å². The fraction of sp³-hybridized carbons (Fsp3) is 0.900. The number of nitrogens with one attached hydrogen (secondary N) is 1. The Morgan fingerprint density at radius 1 is 0.562 bits per heavy atom. The summed E-state index contributed by atoms with van der Waals surface area (Å²) in [6.07, 6.45) is 30.7. The van der Waals surface area contributed by atoms with Crippen LogP contribution in [0.2, 0.25) is 0 Å². The second-order valence-electron chi connectivity index (χ2n) is 18.5. The molecule has 0 heterocycles. The number of carbonyl (C=O) groups excluding carboxylic acids is 1. The molecule has 0 aliphatic heterocycles. The van der Waals surface area contributed by atoms with Crippen molar-refractivity contribution in [3.63, 3.8) is 0 Å². The Balaban J connectivity index is 2.44. The third kappa shape index (κ3) is 30.9. The zero-order valence-corrected chi connectivity index (χ0v) is 41.1. The Hall–Kier alpha value is -1.22. The lowest BCUT2D eigenvalue weighted by atomic mass is 9.85. The van der Waals surface area contributed by atoms with E-state index in [0.29, 0.717) is 12.8 Å². The van der Waals surface area contributed by atoms with Crippen LogP contribution in [0.5, 0.6) is 0 Å². The number of phosphoric acid groups is 1. The number of allylic oxidation sites excluding steroid dienone is 4. The molecule has 378 valence electrons. The lowest BCUT2D eigenvalue weighted by Crippen LogP contribution is -2.64. The Morgan fingerprint density at radius 2 is 0.969 bits per heavy atom. The van der Waals surface area contributed by atoms with Crippen LogP contribution in [0.25, 0.3) is 0 Å². The first kappa shape index (κ1) is 60.8. The minimum absolute atomic E-state index is 0.221. The molecule has 0 aromatic rings. The van der Waals surface area contributed by atoms with Gasteiger partial charge in [0.05, 0.1) is 31.3 Å². The Kier molecular flexibility index (Phi) is 37.8. The number of aliphatic hydroxyl groups excluding tert-OH is 7. The highest BCUT2D eigenvalue weighted by Gasteiger charge is 2.51. The number of hydrogen-bond donors (Lipinski definition) is 9. The van der Waals surface area contributed by atoms with Crippen molar-refractivity contribution in [2.45, 2.75) is 281 Å². The smallest absolute Gasteiger partial charge is 0.393 e. The van der Waals surface area contributed by atoms with Gasteiger partial charge in [-0.05, 0) is 38.5 Å². The molecular weight excluding hydrogens is 838 g/mol. The van der Waals surface area contributed by atoms with Crippen LogP contribution in [0.1, 0.15) is 226 Å². The Bertz CT molecular complexity index is 1190. The van der Waals surface area contributed by atoms with Crippen LogP contribution in [0, 0.1) is 0 Å². The molecule has 8 atom stereocenters. The van der Waals surface area contributed by atoms with Crippen LogP contribution < -0.4 is 5.32 Å². The van der Waals surface area contributed by atoms with Crippen molar-refractivity contribution in [2.75, 3.05) is 6.61 Å². The van der Waals surface area contributed by atoms with Gasteiger partial charge < -0.3 is 46.0 Å². The lowest BCUT2D eigenvalue weighted by Gasteiger charge is -2.41. The van der Waals surface area contributed by atoms with Gasteiger partial charge in [0.1, 0.15) is 36.6 Å². The molecule has 0 spiro atoms. The molecule has 0 aromatic heterocycles. The van der Waals surface area contributed by atoms with E-state index in [1.165, 1.54) is 122 Å². The summed E-state index contributed by atoms with van der Waals surface area (Å²) in [4.78, 5) is 23.5.